The number of hydrogen-bond acceptors (Lipinski definition) is 7. The fraction of sp³-hybridized carbons (Fsp3) is 0.233. The number of aryl methyl sites for hydroxylation is 1. The maximum absolute atomic E-state index is 14.9. The van der Waals surface area contributed by atoms with E-state index < -0.39 is 18.2 Å². The number of hydrogen-bond donors (Lipinski definition) is 2. The molecule has 0 saturated carbocycles. The minimum absolute atomic E-state index is 0.0387. The second-order valence-corrected chi connectivity index (χ2v) is 11.2. The van der Waals surface area contributed by atoms with Crippen LogP contribution in [0, 0.1) is 12.7 Å². The van der Waals surface area contributed by atoms with Gasteiger partial charge >= 0.3 is 12.4 Å². The van der Waals surface area contributed by atoms with Gasteiger partial charge in [0, 0.05) is 5.69 Å². The fourth-order valence-electron chi connectivity index (χ4n) is 4.47. The Kier molecular flexibility index (Phi) is 9.09. The van der Waals surface area contributed by atoms with Crippen LogP contribution in [0.5, 0.6) is 5.75 Å². The van der Waals surface area contributed by atoms with Gasteiger partial charge in [-0.15, -0.1) is 18.3 Å². The predicted octanol–water partition coefficient (Wildman–Crippen LogP) is 7.02. The zero-order valence-electron chi connectivity index (χ0n) is 24.2. The van der Waals surface area contributed by atoms with Crippen molar-refractivity contribution in [3.05, 3.63) is 89.8 Å². The van der Waals surface area contributed by atoms with Crippen molar-refractivity contribution in [2.45, 2.75) is 39.6 Å². The van der Waals surface area contributed by atoms with Crippen molar-refractivity contribution < 1.29 is 31.9 Å². The Labute approximate surface area is 259 Å². The molecule has 1 aliphatic rings. The van der Waals surface area contributed by atoms with E-state index in [1.165, 1.54) is 40.2 Å². The molecule has 1 aromatic heterocycles. The van der Waals surface area contributed by atoms with Gasteiger partial charge in [-0.25, -0.2) is 18.9 Å². The van der Waals surface area contributed by atoms with Crippen LogP contribution in [-0.2, 0) is 11.3 Å². The first-order valence-corrected chi connectivity index (χ1v) is 14.6. The minimum atomic E-state index is -4.79. The molecule has 15 heteroatoms. The number of urea groups is 1. The van der Waals surface area contributed by atoms with E-state index in [-0.39, 0.29) is 46.4 Å². The van der Waals surface area contributed by atoms with Crippen molar-refractivity contribution in [1.29, 1.82) is 0 Å². The number of nitrogens with one attached hydrogen (secondary N) is 2. The third kappa shape index (κ3) is 7.78. The number of amides is 3. The molecule has 234 valence electrons. The Morgan fingerprint density at radius 2 is 1.87 bits per heavy atom. The average molecular weight is 642 g/mol. The average Bonchev–Trinajstić information content (AvgIpc) is 3.58. The number of rotatable bonds is 8. The number of carbonyl (C=O) groups is 2. The molecule has 0 spiro atoms. The number of carbonyl (C=O) groups excluding carboxylic acids is 2. The highest BCUT2D eigenvalue weighted by atomic mass is 32.2. The van der Waals surface area contributed by atoms with Crippen LogP contribution in [0.3, 0.4) is 0 Å². The van der Waals surface area contributed by atoms with Crippen molar-refractivity contribution >= 4 is 45.9 Å². The minimum Gasteiger partial charge on any atom is -0.406 e. The van der Waals surface area contributed by atoms with Crippen molar-refractivity contribution in [1.82, 2.24) is 14.8 Å². The van der Waals surface area contributed by atoms with Gasteiger partial charge in [-0.3, -0.25) is 9.69 Å². The zero-order chi connectivity index (χ0) is 32.3. The Balaban J connectivity index is 1.21. The van der Waals surface area contributed by atoms with E-state index in [1.54, 1.807) is 0 Å². The standard InChI is InChI=1S/C30H27F4N7O3S/c1-17(2)22-10-4-18(3)12-25(22)41-27(42)15-45-29(41)38-28(43)37-19-5-11-24(23(31)13-19)35-14-26-36-16-40(39-26)20-6-8-21(9-7-20)44-30(32,33)34/h4-13,16-17,35H,14-15H2,1-3H3,(H,37,43)/b38-29-. The number of halogens is 4. The molecular weight excluding hydrogens is 614 g/mol. The highest BCUT2D eigenvalue weighted by Gasteiger charge is 2.33. The number of nitrogens with zero attached hydrogens (tertiary/aromatic N) is 5. The molecule has 4 aromatic rings. The van der Waals surface area contributed by atoms with Crippen LogP contribution in [0.4, 0.5) is 39.4 Å². The first-order valence-electron chi connectivity index (χ1n) is 13.6. The fourth-order valence-corrected chi connectivity index (χ4v) is 5.33. The van der Waals surface area contributed by atoms with Crippen LogP contribution in [0.15, 0.2) is 72.0 Å². The molecule has 0 unspecified atom stereocenters. The molecule has 3 amide bonds. The van der Waals surface area contributed by atoms with Gasteiger partial charge in [0.15, 0.2) is 11.0 Å². The topological polar surface area (TPSA) is 114 Å². The predicted molar refractivity (Wildman–Crippen MR) is 163 cm³/mol. The molecule has 1 aliphatic heterocycles. The summed E-state index contributed by atoms with van der Waals surface area (Å²) in [5, 5.41) is 9.89. The molecule has 45 heavy (non-hydrogen) atoms. The normalized spacial score (nSPS) is 14.4. The molecule has 0 bridgehead atoms. The molecule has 0 aliphatic carbocycles. The number of anilines is 3. The number of ether oxygens (including phenoxy) is 1. The van der Waals surface area contributed by atoms with Gasteiger partial charge in [0.2, 0.25) is 5.91 Å². The zero-order valence-corrected chi connectivity index (χ0v) is 25.0. The number of aliphatic imine (C=N–C) groups is 1. The Bertz CT molecular complexity index is 1760. The molecule has 2 heterocycles. The van der Waals surface area contributed by atoms with E-state index in [1.807, 2.05) is 39.0 Å². The molecule has 0 atom stereocenters. The van der Waals surface area contributed by atoms with E-state index in [0.29, 0.717) is 17.2 Å². The second kappa shape index (κ2) is 13.0. The Morgan fingerprint density at radius 3 is 2.56 bits per heavy atom. The smallest absolute Gasteiger partial charge is 0.406 e. The van der Waals surface area contributed by atoms with Gasteiger partial charge in [-0.1, -0.05) is 37.7 Å². The van der Waals surface area contributed by atoms with E-state index in [9.17, 15) is 27.2 Å². The van der Waals surface area contributed by atoms with Crippen LogP contribution in [0.1, 0.15) is 36.7 Å². The second-order valence-electron chi connectivity index (χ2n) is 10.3. The van der Waals surface area contributed by atoms with Crippen LogP contribution >= 0.6 is 11.8 Å². The van der Waals surface area contributed by atoms with Gasteiger partial charge in [-0.2, -0.15) is 4.99 Å². The Morgan fingerprint density at radius 1 is 1.11 bits per heavy atom. The third-order valence-corrected chi connectivity index (χ3v) is 7.47. The first-order chi connectivity index (χ1) is 21.4. The van der Waals surface area contributed by atoms with Crippen LogP contribution in [0.25, 0.3) is 5.69 Å². The summed E-state index contributed by atoms with van der Waals surface area (Å²) in [5.74, 6) is -0.642. The lowest BCUT2D eigenvalue weighted by Gasteiger charge is -2.22. The number of benzene rings is 3. The first kappa shape index (κ1) is 31.5. The quantitative estimate of drug-likeness (QED) is 0.199. The van der Waals surface area contributed by atoms with Gasteiger partial charge in [-0.05, 0) is 72.5 Å². The summed E-state index contributed by atoms with van der Waals surface area (Å²) >= 11 is 1.15. The molecule has 1 saturated heterocycles. The summed E-state index contributed by atoms with van der Waals surface area (Å²) in [6, 6.07) is 14.2. The maximum Gasteiger partial charge on any atom is 0.573 e. The summed E-state index contributed by atoms with van der Waals surface area (Å²) in [6.07, 6.45) is -3.42. The lowest BCUT2D eigenvalue weighted by Crippen LogP contribution is -2.31. The summed E-state index contributed by atoms with van der Waals surface area (Å²) < 4.78 is 57.2. The molecule has 1 fully saturated rings. The van der Waals surface area contributed by atoms with Crippen LogP contribution in [0.2, 0.25) is 0 Å². The molecular formula is C30H27F4N7O3S. The lowest BCUT2D eigenvalue weighted by atomic mass is 9.99. The van der Waals surface area contributed by atoms with E-state index in [2.05, 4.69) is 30.4 Å². The third-order valence-electron chi connectivity index (χ3n) is 6.54. The lowest BCUT2D eigenvalue weighted by molar-refractivity contribution is -0.274. The van der Waals surface area contributed by atoms with Crippen molar-refractivity contribution in [2.75, 3.05) is 21.3 Å². The Hall–Kier alpha value is -4.92. The largest absolute Gasteiger partial charge is 0.573 e. The van der Waals surface area contributed by atoms with Gasteiger partial charge < -0.3 is 15.4 Å². The van der Waals surface area contributed by atoms with E-state index >= 15 is 0 Å². The molecule has 10 nitrogen and oxygen atoms in total. The van der Waals surface area contributed by atoms with Crippen molar-refractivity contribution in [3.63, 3.8) is 0 Å². The SMILES string of the molecule is Cc1ccc(C(C)C)c(N2C(=O)CS/C2=N\C(=O)Nc2ccc(NCc3ncn(-c4ccc(OC(F)(F)F)cc4)n3)c(F)c2)c1. The summed E-state index contributed by atoms with van der Waals surface area (Å²) in [7, 11) is 0. The number of amidine groups is 1. The monoisotopic (exact) mass is 641 g/mol. The molecule has 5 rings (SSSR count). The van der Waals surface area contributed by atoms with Crippen LogP contribution in [-0.4, -0.2) is 44.0 Å². The highest BCUT2D eigenvalue weighted by molar-refractivity contribution is 8.15. The maximum atomic E-state index is 14.9. The van der Waals surface area contributed by atoms with Gasteiger partial charge in [0.1, 0.15) is 17.9 Å². The number of aromatic nitrogens is 3. The van der Waals surface area contributed by atoms with E-state index in [4.69, 9.17) is 0 Å². The van der Waals surface area contributed by atoms with Crippen molar-refractivity contribution in [2.24, 2.45) is 4.99 Å². The highest BCUT2D eigenvalue weighted by Crippen LogP contribution is 2.34. The van der Waals surface area contributed by atoms with E-state index in [0.717, 1.165) is 41.1 Å². The summed E-state index contributed by atoms with van der Waals surface area (Å²) in [6.45, 7) is 6.00. The summed E-state index contributed by atoms with van der Waals surface area (Å²) in [5.41, 5.74) is 3.32. The van der Waals surface area contributed by atoms with Crippen molar-refractivity contribution in [3.8, 4) is 11.4 Å². The molecule has 0 radical (unpaired) electrons. The number of thioether (sulfide) groups is 1. The molecule has 3 aromatic carbocycles. The van der Waals surface area contributed by atoms with Crippen LogP contribution < -0.4 is 20.3 Å². The molecule has 2 N–H and O–H groups in total. The summed E-state index contributed by atoms with van der Waals surface area (Å²) in [4.78, 5) is 35.2. The van der Waals surface area contributed by atoms with Gasteiger partial charge in [0.25, 0.3) is 0 Å². The number of alkyl halides is 3. The van der Waals surface area contributed by atoms with Gasteiger partial charge in [0.05, 0.1) is 29.4 Å².